The van der Waals surface area contributed by atoms with Gasteiger partial charge in [0.2, 0.25) is 0 Å². The molecule has 0 bridgehead atoms. The van der Waals surface area contributed by atoms with Crippen LogP contribution in [0.1, 0.15) is 42.1 Å². The summed E-state index contributed by atoms with van der Waals surface area (Å²) in [6.07, 6.45) is 1.90. The number of thiophene rings is 1. The van der Waals surface area contributed by atoms with Crippen molar-refractivity contribution in [1.82, 2.24) is 14.5 Å². The molecule has 27 heavy (non-hydrogen) atoms. The summed E-state index contributed by atoms with van der Waals surface area (Å²) in [6, 6.07) is 10.5. The number of aromatic nitrogens is 2. The molecule has 2 aromatic heterocycles. The minimum atomic E-state index is 0.122. The third-order valence-corrected chi connectivity index (χ3v) is 6.42. The van der Waals surface area contributed by atoms with Gasteiger partial charge in [-0.05, 0) is 50.9 Å². The first kappa shape index (κ1) is 19.8. The van der Waals surface area contributed by atoms with E-state index in [0.29, 0.717) is 6.54 Å². The Balaban J connectivity index is 1.95. The molecule has 0 saturated carbocycles. The molecule has 3 aromatic rings. The van der Waals surface area contributed by atoms with Gasteiger partial charge in [0.1, 0.15) is 10.7 Å². The fourth-order valence-electron chi connectivity index (χ4n) is 3.45. The fraction of sp³-hybridized carbons (Fsp3) is 0.455. The summed E-state index contributed by atoms with van der Waals surface area (Å²) in [7, 11) is 0. The number of benzene rings is 1. The average Bonchev–Trinajstić information content (AvgIpc) is 2.96. The van der Waals surface area contributed by atoms with E-state index >= 15 is 0 Å². The second-order valence-electron chi connectivity index (χ2n) is 7.00. The molecule has 0 N–H and O–H groups in total. The summed E-state index contributed by atoms with van der Waals surface area (Å²) in [5.41, 5.74) is 2.52. The number of fused-ring (bicyclic) bond motifs is 1. The highest BCUT2D eigenvalue weighted by atomic mass is 32.1. The van der Waals surface area contributed by atoms with Crippen LogP contribution in [0.4, 0.5) is 0 Å². The van der Waals surface area contributed by atoms with Gasteiger partial charge in [0.25, 0.3) is 5.56 Å². The van der Waals surface area contributed by atoms with Crippen LogP contribution in [-0.4, -0.2) is 27.5 Å². The predicted octanol–water partition coefficient (Wildman–Crippen LogP) is 4.55. The smallest absolute Gasteiger partial charge is 0.262 e. The monoisotopic (exact) mass is 383 g/mol. The Morgan fingerprint density at radius 3 is 2.48 bits per heavy atom. The standard InChI is InChI=1S/C22H29N3OS/c1-5-24(6-2)15-19-23-21-20(16(3)17(4)27-21)22(26)25(19)14-10-13-18-11-8-7-9-12-18/h7-9,11-12H,5-6,10,13-15H2,1-4H3. The average molecular weight is 384 g/mol. The topological polar surface area (TPSA) is 38.1 Å². The third-order valence-electron chi connectivity index (χ3n) is 5.32. The van der Waals surface area contributed by atoms with Crippen LogP contribution in [0.25, 0.3) is 10.2 Å². The predicted molar refractivity (Wildman–Crippen MR) is 115 cm³/mol. The number of nitrogens with zero attached hydrogens (tertiary/aromatic N) is 3. The number of hydrogen-bond acceptors (Lipinski definition) is 4. The number of rotatable bonds is 8. The maximum Gasteiger partial charge on any atom is 0.262 e. The summed E-state index contributed by atoms with van der Waals surface area (Å²) in [5.74, 6) is 0.894. The van der Waals surface area contributed by atoms with E-state index in [4.69, 9.17) is 4.98 Å². The molecule has 0 fully saturated rings. The zero-order valence-corrected chi connectivity index (χ0v) is 17.6. The lowest BCUT2D eigenvalue weighted by atomic mass is 10.1. The van der Waals surface area contributed by atoms with Crippen molar-refractivity contribution in [3.05, 3.63) is 62.5 Å². The van der Waals surface area contributed by atoms with Gasteiger partial charge < -0.3 is 0 Å². The molecule has 0 aliphatic carbocycles. The first-order valence-corrected chi connectivity index (χ1v) is 10.6. The SMILES string of the molecule is CCN(CC)Cc1nc2sc(C)c(C)c2c(=O)n1CCCc1ccccc1. The molecular formula is C22H29N3OS. The van der Waals surface area contributed by atoms with Crippen LogP contribution in [0.5, 0.6) is 0 Å². The Kier molecular flexibility index (Phi) is 6.45. The fourth-order valence-corrected chi connectivity index (χ4v) is 4.49. The molecule has 4 nitrogen and oxygen atoms in total. The summed E-state index contributed by atoms with van der Waals surface area (Å²) >= 11 is 1.64. The highest BCUT2D eigenvalue weighted by Gasteiger charge is 2.17. The number of hydrogen-bond donors (Lipinski definition) is 0. The van der Waals surface area contributed by atoms with Crippen LogP contribution in [0, 0.1) is 13.8 Å². The Labute approximate surface area is 165 Å². The van der Waals surface area contributed by atoms with Crippen molar-refractivity contribution in [3.63, 3.8) is 0 Å². The lowest BCUT2D eigenvalue weighted by molar-refractivity contribution is 0.281. The third kappa shape index (κ3) is 4.30. The van der Waals surface area contributed by atoms with Gasteiger partial charge in [-0.2, -0.15) is 0 Å². The minimum Gasteiger partial charge on any atom is -0.297 e. The quantitative estimate of drug-likeness (QED) is 0.573. The Morgan fingerprint density at radius 1 is 1.11 bits per heavy atom. The second kappa shape index (κ2) is 8.81. The zero-order chi connectivity index (χ0) is 19.4. The summed E-state index contributed by atoms with van der Waals surface area (Å²) in [4.78, 5) is 22.6. The molecule has 0 aliphatic heterocycles. The molecule has 0 aliphatic rings. The van der Waals surface area contributed by atoms with E-state index in [0.717, 1.165) is 54.1 Å². The van der Waals surface area contributed by atoms with Crippen molar-refractivity contribution in [2.24, 2.45) is 0 Å². The van der Waals surface area contributed by atoms with Crippen molar-refractivity contribution in [1.29, 1.82) is 0 Å². The normalized spacial score (nSPS) is 11.6. The van der Waals surface area contributed by atoms with Crippen LogP contribution in [0.15, 0.2) is 35.1 Å². The van der Waals surface area contributed by atoms with Crippen molar-refractivity contribution >= 4 is 21.6 Å². The summed E-state index contributed by atoms with van der Waals surface area (Å²) in [6.45, 7) is 11.8. The molecule has 0 atom stereocenters. The van der Waals surface area contributed by atoms with Gasteiger partial charge in [-0.3, -0.25) is 14.3 Å². The van der Waals surface area contributed by atoms with E-state index in [-0.39, 0.29) is 5.56 Å². The van der Waals surface area contributed by atoms with Crippen molar-refractivity contribution < 1.29 is 0 Å². The van der Waals surface area contributed by atoms with Gasteiger partial charge >= 0.3 is 0 Å². The molecule has 0 spiro atoms. The van der Waals surface area contributed by atoms with E-state index in [1.165, 1.54) is 10.4 Å². The lowest BCUT2D eigenvalue weighted by Crippen LogP contribution is -2.31. The molecule has 1 aromatic carbocycles. The molecule has 2 heterocycles. The first-order chi connectivity index (χ1) is 13.0. The molecule has 3 rings (SSSR count). The zero-order valence-electron chi connectivity index (χ0n) is 16.8. The Morgan fingerprint density at radius 2 is 1.81 bits per heavy atom. The van der Waals surface area contributed by atoms with E-state index in [1.54, 1.807) is 11.3 Å². The molecule has 0 saturated heterocycles. The van der Waals surface area contributed by atoms with Gasteiger partial charge in [-0.25, -0.2) is 4.98 Å². The molecular weight excluding hydrogens is 354 g/mol. The van der Waals surface area contributed by atoms with Crippen LogP contribution in [0.2, 0.25) is 0 Å². The maximum absolute atomic E-state index is 13.3. The van der Waals surface area contributed by atoms with Gasteiger partial charge in [-0.15, -0.1) is 11.3 Å². The highest BCUT2D eigenvalue weighted by Crippen LogP contribution is 2.26. The summed E-state index contributed by atoms with van der Waals surface area (Å²) < 4.78 is 1.92. The molecule has 0 radical (unpaired) electrons. The van der Waals surface area contributed by atoms with Gasteiger partial charge in [-0.1, -0.05) is 44.2 Å². The molecule has 144 valence electrons. The Hall–Kier alpha value is -1.98. The van der Waals surface area contributed by atoms with E-state index in [2.05, 4.69) is 49.9 Å². The van der Waals surface area contributed by atoms with E-state index in [1.807, 2.05) is 17.6 Å². The molecule has 5 heteroatoms. The van der Waals surface area contributed by atoms with Crippen LogP contribution in [-0.2, 0) is 19.5 Å². The molecule has 0 amide bonds. The lowest BCUT2D eigenvalue weighted by Gasteiger charge is -2.20. The largest absolute Gasteiger partial charge is 0.297 e. The van der Waals surface area contributed by atoms with Crippen molar-refractivity contribution in [2.45, 2.75) is 53.6 Å². The second-order valence-corrected chi connectivity index (χ2v) is 8.20. The first-order valence-electron chi connectivity index (χ1n) is 9.80. The molecule has 0 unspecified atom stereocenters. The summed E-state index contributed by atoms with van der Waals surface area (Å²) in [5, 5.41) is 0.806. The van der Waals surface area contributed by atoms with Gasteiger partial charge in [0, 0.05) is 11.4 Å². The van der Waals surface area contributed by atoms with Crippen molar-refractivity contribution in [2.75, 3.05) is 13.1 Å². The minimum absolute atomic E-state index is 0.122. The van der Waals surface area contributed by atoms with Crippen LogP contribution >= 0.6 is 11.3 Å². The highest BCUT2D eigenvalue weighted by molar-refractivity contribution is 7.18. The van der Waals surface area contributed by atoms with Gasteiger partial charge in [0.05, 0.1) is 11.9 Å². The van der Waals surface area contributed by atoms with Gasteiger partial charge in [0.15, 0.2) is 0 Å². The maximum atomic E-state index is 13.3. The van der Waals surface area contributed by atoms with E-state index in [9.17, 15) is 4.79 Å². The van der Waals surface area contributed by atoms with Crippen LogP contribution in [0.3, 0.4) is 0 Å². The Bertz CT molecular complexity index is 955. The van der Waals surface area contributed by atoms with E-state index < -0.39 is 0 Å². The van der Waals surface area contributed by atoms with Crippen molar-refractivity contribution in [3.8, 4) is 0 Å². The van der Waals surface area contributed by atoms with Crippen LogP contribution < -0.4 is 5.56 Å². The number of aryl methyl sites for hydroxylation is 3.